The van der Waals surface area contributed by atoms with Crippen molar-refractivity contribution < 1.29 is 22.8 Å². The average Bonchev–Trinajstić information content (AvgIpc) is 2.66. The third-order valence-corrected chi connectivity index (χ3v) is 5.37. The Labute approximate surface area is 156 Å². The van der Waals surface area contributed by atoms with E-state index in [1.807, 2.05) is 29.2 Å². The molecule has 2 N–H and O–H groups in total. The lowest BCUT2D eigenvalue weighted by atomic mass is 9.80. The van der Waals surface area contributed by atoms with Crippen LogP contribution in [0.2, 0.25) is 0 Å². The van der Waals surface area contributed by atoms with Gasteiger partial charge < -0.3 is 4.90 Å². The van der Waals surface area contributed by atoms with Gasteiger partial charge >= 0.3 is 6.18 Å². The molecule has 1 aliphatic carbocycles. The zero-order valence-electron chi connectivity index (χ0n) is 15.0. The van der Waals surface area contributed by atoms with Crippen molar-refractivity contribution in [1.29, 1.82) is 0 Å². The number of carbonyl (C=O) groups is 2. The number of aryl methyl sites for hydroxylation is 1. The molecule has 8 heteroatoms. The van der Waals surface area contributed by atoms with Crippen LogP contribution in [0.4, 0.5) is 18.9 Å². The number of rotatable bonds is 3. The normalized spacial score (nSPS) is 22.7. The van der Waals surface area contributed by atoms with Crippen LogP contribution in [0.15, 0.2) is 24.3 Å². The van der Waals surface area contributed by atoms with E-state index in [1.54, 1.807) is 0 Å². The molecule has 1 aromatic carbocycles. The van der Waals surface area contributed by atoms with Gasteiger partial charge in [-0.15, -0.1) is 0 Å². The van der Waals surface area contributed by atoms with Gasteiger partial charge in [-0.3, -0.25) is 20.4 Å². The highest BCUT2D eigenvalue weighted by Gasteiger charge is 2.43. The first-order valence-electron chi connectivity index (χ1n) is 9.33. The van der Waals surface area contributed by atoms with Gasteiger partial charge in [-0.1, -0.05) is 24.6 Å². The molecule has 0 aromatic heterocycles. The van der Waals surface area contributed by atoms with Gasteiger partial charge in [-0.25, -0.2) is 0 Å². The quantitative estimate of drug-likeness (QED) is 0.789. The molecular weight excluding hydrogens is 359 g/mol. The predicted octanol–water partition coefficient (Wildman–Crippen LogP) is 2.96. The van der Waals surface area contributed by atoms with E-state index < -0.39 is 23.9 Å². The van der Waals surface area contributed by atoms with E-state index in [4.69, 9.17) is 0 Å². The molecule has 148 valence electrons. The summed E-state index contributed by atoms with van der Waals surface area (Å²) in [6, 6.07) is 7.86. The Hall–Kier alpha value is -2.25. The van der Waals surface area contributed by atoms with Gasteiger partial charge in [-0.05, 0) is 43.7 Å². The Morgan fingerprint density at radius 2 is 1.89 bits per heavy atom. The highest BCUT2D eigenvalue weighted by atomic mass is 19.4. The molecule has 0 saturated heterocycles. The Morgan fingerprint density at radius 1 is 1.11 bits per heavy atom. The summed E-state index contributed by atoms with van der Waals surface area (Å²) in [5.74, 6) is -3.09. The van der Waals surface area contributed by atoms with Gasteiger partial charge in [0, 0.05) is 18.2 Å². The second kappa shape index (κ2) is 8.19. The summed E-state index contributed by atoms with van der Waals surface area (Å²) in [4.78, 5) is 26.3. The van der Waals surface area contributed by atoms with Gasteiger partial charge in [0.05, 0.1) is 12.5 Å². The lowest BCUT2D eigenvalue weighted by Crippen LogP contribution is -2.49. The van der Waals surface area contributed by atoms with Crippen molar-refractivity contribution in [3.05, 3.63) is 29.8 Å². The first-order chi connectivity index (χ1) is 12.8. The number of amides is 2. The van der Waals surface area contributed by atoms with Crippen LogP contribution in [0.3, 0.4) is 0 Å². The number of nitrogens with one attached hydrogen (secondary N) is 2. The van der Waals surface area contributed by atoms with Gasteiger partial charge in [0.2, 0.25) is 5.91 Å². The van der Waals surface area contributed by atoms with E-state index in [1.165, 1.54) is 5.56 Å². The standard InChI is InChI=1S/C19H24F3N3O2/c20-19(21,22)15-8-3-6-14(11-15)18(27)24-23-17(26)12-25-10-4-7-13-5-1-2-9-16(13)25/h1-2,5,9,14-15H,3-4,6-8,10-12H2,(H,23,26)(H,24,27). The van der Waals surface area contributed by atoms with Crippen LogP contribution < -0.4 is 15.8 Å². The number of alkyl halides is 3. The molecule has 3 rings (SSSR count). The molecule has 2 unspecified atom stereocenters. The molecule has 0 bridgehead atoms. The number of fused-ring (bicyclic) bond motifs is 1. The highest BCUT2D eigenvalue weighted by molar-refractivity contribution is 5.86. The second-order valence-corrected chi connectivity index (χ2v) is 7.29. The van der Waals surface area contributed by atoms with Crippen molar-refractivity contribution in [3.63, 3.8) is 0 Å². The molecule has 2 aliphatic rings. The Kier molecular flexibility index (Phi) is 5.92. The maximum absolute atomic E-state index is 12.9. The van der Waals surface area contributed by atoms with Crippen molar-refractivity contribution in [2.75, 3.05) is 18.0 Å². The van der Waals surface area contributed by atoms with Crippen LogP contribution in [-0.2, 0) is 16.0 Å². The van der Waals surface area contributed by atoms with Crippen molar-refractivity contribution in [1.82, 2.24) is 10.9 Å². The Balaban J connectivity index is 1.49. The highest BCUT2D eigenvalue weighted by Crippen LogP contribution is 2.39. The number of carbonyl (C=O) groups excluding carboxylic acids is 2. The third kappa shape index (κ3) is 4.93. The van der Waals surface area contributed by atoms with Crippen molar-refractivity contribution in [2.24, 2.45) is 11.8 Å². The minimum absolute atomic E-state index is 0.0635. The zero-order valence-corrected chi connectivity index (χ0v) is 15.0. The largest absolute Gasteiger partial charge is 0.391 e. The maximum atomic E-state index is 12.9. The van der Waals surface area contributed by atoms with E-state index in [9.17, 15) is 22.8 Å². The third-order valence-electron chi connectivity index (χ3n) is 5.37. The number of hydrogen-bond donors (Lipinski definition) is 2. The van der Waals surface area contributed by atoms with Crippen molar-refractivity contribution >= 4 is 17.5 Å². The summed E-state index contributed by atoms with van der Waals surface area (Å²) >= 11 is 0. The van der Waals surface area contributed by atoms with E-state index in [2.05, 4.69) is 10.9 Å². The number of anilines is 1. The van der Waals surface area contributed by atoms with E-state index >= 15 is 0 Å². The van der Waals surface area contributed by atoms with Crippen LogP contribution in [-0.4, -0.2) is 31.1 Å². The molecule has 1 aromatic rings. The van der Waals surface area contributed by atoms with Crippen molar-refractivity contribution in [2.45, 2.75) is 44.7 Å². The molecule has 2 amide bonds. The molecule has 1 heterocycles. The van der Waals surface area contributed by atoms with Crippen LogP contribution in [0.25, 0.3) is 0 Å². The van der Waals surface area contributed by atoms with E-state index in [0.29, 0.717) is 12.8 Å². The summed E-state index contributed by atoms with van der Waals surface area (Å²) in [5, 5.41) is 0. The maximum Gasteiger partial charge on any atom is 0.391 e. The first-order valence-corrected chi connectivity index (χ1v) is 9.33. The monoisotopic (exact) mass is 383 g/mol. The number of benzene rings is 1. The minimum Gasteiger partial charge on any atom is -0.362 e. The SMILES string of the molecule is O=C(CN1CCCc2ccccc21)NNC(=O)C1CCCC(C(F)(F)F)C1. The molecule has 1 saturated carbocycles. The van der Waals surface area contributed by atoms with Gasteiger partial charge in [0.15, 0.2) is 0 Å². The fourth-order valence-electron chi connectivity index (χ4n) is 3.95. The molecule has 2 atom stereocenters. The van der Waals surface area contributed by atoms with Crippen LogP contribution in [0.5, 0.6) is 0 Å². The molecule has 1 aliphatic heterocycles. The lowest BCUT2D eigenvalue weighted by molar-refractivity contribution is -0.186. The smallest absolute Gasteiger partial charge is 0.362 e. The van der Waals surface area contributed by atoms with Gasteiger partial charge in [0.25, 0.3) is 5.91 Å². The Bertz CT molecular complexity index is 693. The van der Waals surface area contributed by atoms with Gasteiger partial charge in [0.1, 0.15) is 0 Å². The molecular formula is C19H24F3N3O2. The number of hydrazine groups is 1. The lowest BCUT2D eigenvalue weighted by Gasteiger charge is -2.31. The van der Waals surface area contributed by atoms with Gasteiger partial charge in [-0.2, -0.15) is 13.2 Å². The summed E-state index contributed by atoms with van der Waals surface area (Å²) in [6.45, 7) is 0.835. The van der Waals surface area contributed by atoms with E-state index in [-0.39, 0.29) is 25.3 Å². The summed E-state index contributed by atoms with van der Waals surface area (Å²) in [5.41, 5.74) is 6.84. The van der Waals surface area contributed by atoms with Crippen LogP contribution >= 0.6 is 0 Å². The average molecular weight is 383 g/mol. The van der Waals surface area contributed by atoms with Crippen molar-refractivity contribution in [3.8, 4) is 0 Å². The molecule has 1 fully saturated rings. The number of para-hydroxylation sites is 1. The molecule has 0 spiro atoms. The van der Waals surface area contributed by atoms with E-state index in [0.717, 1.165) is 25.1 Å². The zero-order chi connectivity index (χ0) is 19.4. The summed E-state index contributed by atoms with van der Waals surface area (Å²) in [7, 11) is 0. The summed E-state index contributed by atoms with van der Waals surface area (Å²) in [6.07, 6.45) is -1.75. The fraction of sp³-hybridized carbons (Fsp3) is 0.579. The number of nitrogens with zero attached hydrogens (tertiary/aromatic N) is 1. The topological polar surface area (TPSA) is 61.4 Å². The predicted molar refractivity (Wildman–Crippen MR) is 94.8 cm³/mol. The first kappa shape index (κ1) is 19.5. The minimum atomic E-state index is -4.27. The Morgan fingerprint density at radius 3 is 2.67 bits per heavy atom. The summed E-state index contributed by atoms with van der Waals surface area (Å²) < 4.78 is 38.6. The van der Waals surface area contributed by atoms with Crippen LogP contribution in [0.1, 0.15) is 37.7 Å². The molecule has 27 heavy (non-hydrogen) atoms. The fourth-order valence-corrected chi connectivity index (χ4v) is 3.95. The molecule has 5 nitrogen and oxygen atoms in total. The molecule has 0 radical (unpaired) electrons. The van der Waals surface area contributed by atoms with Crippen LogP contribution in [0, 0.1) is 11.8 Å². The number of halogens is 3. The number of hydrogen-bond acceptors (Lipinski definition) is 3. The second-order valence-electron chi connectivity index (χ2n) is 7.29.